The Hall–Kier alpha value is -8.14. The van der Waals surface area contributed by atoms with Crippen LogP contribution >= 0.6 is 0 Å². The van der Waals surface area contributed by atoms with E-state index in [2.05, 4.69) is 78.9 Å². The maximum Gasteiger partial charge on any atom is 0.164 e. The zero-order valence-corrected chi connectivity index (χ0v) is 30.9. The third-order valence-corrected chi connectivity index (χ3v) is 10.8. The molecule has 0 N–H and O–H groups in total. The minimum absolute atomic E-state index is 0.504. The summed E-state index contributed by atoms with van der Waals surface area (Å²) < 4.78 is 12.9. The Morgan fingerprint density at radius 1 is 0.345 bits per heavy atom. The molecule has 0 fully saturated rings. The number of rotatable bonds is 6. The summed E-state index contributed by atoms with van der Waals surface area (Å²) in [6, 6.07) is 63.4. The molecule has 0 aliphatic carbocycles. The van der Waals surface area contributed by atoms with Crippen LogP contribution < -0.4 is 0 Å². The number of fused-ring (bicyclic) bond motifs is 6. The highest BCUT2D eigenvalue weighted by Gasteiger charge is 2.21. The number of nitriles is 1. The molecular weight excluding hydrogens is 713 g/mol. The maximum absolute atomic E-state index is 9.71. The van der Waals surface area contributed by atoms with E-state index < -0.39 is 0 Å². The predicted octanol–water partition coefficient (Wildman–Crippen LogP) is 13.5. The third kappa shape index (κ3) is 5.61. The lowest BCUT2D eigenvalue weighted by atomic mass is 9.96. The molecule has 6 nitrogen and oxygen atoms in total. The van der Waals surface area contributed by atoms with Crippen molar-refractivity contribution in [2.75, 3.05) is 0 Å². The Bertz CT molecular complexity index is 3410. The SMILES string of the molecule is N#Cc1cccc(-c2ccccc2-c2nc(-c3ccc4c(c3)oc3cccc(-c5ccc(-c6ccccc6)cc5)c34)nc(-c3cccc4oc5ccccc5c34)n2)c1. The highest BCUT2D eigenvalue weighted by atomic mass is 16.3. The Morgan fingerprint density at radius 3 is 1.69 bits per heavy atom. The normalized spacial score (nSPS) is 11.4. The zero-order chi connectivity index (χ0) is 38.6. The van der Waals surface area contributed by atoms with Crippen LogP contribution in [0.1, 0.15) is 5.56 Å². The molecule has 0 aliphatic heterocycles. The van der Waals surface area contributed by atoms with Crippen LogP contribution in [0, 0.1) is 11.3 Å². The number of aromatic nitrogens is 3. The van der Waals surface area contributed by atoms with Crippen LogP contribution in [0.2, 0.25) is 0 Å². The molecule has 11 aromatic rings. The van der Waals surface area contributed by atoms with E-state index in [1.807, 2.05) is 103 Å². The molecular formula is C52H30N4O2. The fraction of sp³-hybridized carbons (Fsp3) is 0. The Labute approximate surface area is 333 Å². The molecule has 0 amide bonds. The lowest BCUT2D eigenvalue weighted by Crippen LogP contribution is -2.01. The van der Waals surface area contributed by atoms with Crippen molar-refractivity contribution in [3.05, 3.63) is 188 Å². The fourth-order valence-corrected chi connectivity index (χ4v) is 8.07. The van der Waals surface area contributed by atoms with Gasteiger partial charge >= 0.3 is 0 Å². The largest absolute Gasteiger partial charge is 0.456 e. The minimum atomic E-state index is 0.504. The van der Waals surface area contributed by atoms with Crippen molar-refractivity contribution in [1.82, 2.24) is 15.0 Å². The van der Waals surface area contributed by atoms with Gasteiger partial charge in [-0.2, -0.15) is 5.26 Å². The molecule has 0 saturated heterocycles. The van der Waals surface area contributed by atoms with Gasteiger partial charge in [0.2, 0.25) is 0 Å². The van der Waals surface area contributed by atoms with Crippen LogP contribution in [0.4, 0.5) is 0 Å². The lowest BCUT2D eigenvalue weighted by Gasteiger charge is -2.12. The van der Waals surface area contributed by atoms with Crippen molar-refractivity contribution in [2.45, 2.75) is 0 Å². The lowest BCUT2D eigenvalue weighted by molar-refractivity contribution is 0.668. The monoisotopic (exact) mass is 742 g/mol. The van der Waals surface area contributed by atoms with E-state index in [9.17, 15) is 5.26 Å². The molecule has 0 bridgehead atoms. The molecule has 0 radical (unpaired) electrons. The molecule has 0 aliphatic rings. The molecule has 0 spiro atoms. The second kappa shape index (κ2) is 13.6. The van der Waals surface area contributed by atoms with Crippen molar-refractivity contribution in [3.63, 3.8) is 0 Å². The first-order chi connectivity index (χ1) is 28.7. The van der Waals surface area contributed by atoms with Crippen molar-refractivity contribution in [2.24, 2.45) is 0 Å². The number of hydrogen-bond acceptors (Lipinski definition) is 6. The number of furan rings is 2. The average Bonchev–Trinajstić information content (AvgIpc) is 3.87. The van der Waals surface area contributed by atoms with E-state index in [4.69, 9.17) is 23.8 Å². The molecule has 58 heavy (non-hydrogen) atoms. The third-order valence-electron chi connectivity index (χ3n) is 10.8. The summed E-state index contributed by atoms with van der Waals surface area (Å²) in [7, 11) is 0. The summed E-state index contributed by atoms with van der Waals surface area (Å²) in [6.07, 6.45) is 0. The van der Waals surface area contributed by atoms with E-state index in [1.54, 1.807) is 6.07 Å². The molecule has 3 aromatic heterocycles. The van der Waals surface area contributed by atoms with Crippen LogP contribution in [0.3, 0.4) is 0 Å². The molecule has 6 heteroatoms. The summed E-state index contributed by atoms with van der Waals surface area (Å²) >= 11 is 0. The molecule has 11 rings (SSSR count). The van der Waals surface area contributed by atoms with E-state index in [0.717, 1.165) is 82.8 Å². The number of para-hydroxylation sites is 1. The maximum atomic E-state index is 9.71. The molecule has 0 unspecified atom stereocenters. The smallest absolute Gasteiger partial charge is 0.164 e. The topological polar surface area (TPSA) is 88.7 Å². The van der Waals surface area contributed by atoms with Gasteiger partial charge in [-0.15, -0.1) is 0 Å². The molecule has 8 aromatic carbocycles. The Kier molecular flexibility index (Phi) is 7.76. The van der Waals surface area contributed by atoms with E-state index >= 15 is 0 Å². The molecule has 0 atom stereocenters. The molecule has 0 saturated carbocycles. The Balaban J connectivity index is 1.09. The molecule has 270 valence electrons. The summed E-state index contributed by atoms with van der Waals surface area (Å²) in [5.41, 5.74) is 12.5. The van der Waals surface area contributed by atoms with Gasteiger partial charge in [-0.3, -0.25) is 0 Å². The van der Waals surface area contributed by atoms with Crippen molar-refractivity contribution >= 4 is 43.9 Å². The number of benzene rings is 8. The van der Waals surface area contributed by atoms with E-state index in [0.29, 0.717) is 23.0 Å². The van der Waals surface area contributed by atoms with E-state index in [-0.39, 0.29) is 0 Å². The predicted molar refractivity (Wildman–Crippen MR) is 232 cm³/mol. The minimum Gasteiger partial charge on any atom is -0.456 e. The van der Waals surface area contributed by atoms with Gasteiger partial charge in [-0.1, -0.05) is 140 Å². The van der Waals surface area contributed by atoms with Gasteiger partial charge in [0.15, 0.2) is 17.5 Å². The van der Waals surface area contributed by atoms with Gasteiger partial charge < -0.3 is 8.83 Å². The van der Waals surface area contributed by atoms with Crippen molar-refractivity contribution in [1.29, 1.82) is 5.26 Å². The van der Waals surface area contributed by atoms with Crippen molar-refractivity contribution < 1.29 is 8.83 Å². The first-order valence-electron chi connectivity index (χ1n) is 19.1. The van der Waals surface area contributed by atoms with Crippen LogP contribution in [0.15, 0.2) is 191 Å². The molecule has 3 heterocycles. The summed E-state index contributed by atoms with van der Waals surface area (Å²) in [6.45, 7) is 0. The summed E-state index contributed by atoms with van der Waals surface area (Å²) in [4.78, 5) is 15.5. The van der Waals surface area contributed by atoms with Crippen LogP contribution in [-0.2, 0) is 0 Å². The second-order valence-electron chi connectivity index (χ2n) is 14.3. The van der Waals surface area contributed by atoms with Crippen LogP contribution in [-0.4, -0.2) is 15.0 Å². The summed E-state index contributed by atoms with van der Waals surface area (Å²) in [5.74, 6) is 1.53. The second-order valence-corrected chi connectivity index (χ2v) is 14.3. The highest BCUT2D eigenvalue weighted by Crippen LogP contribution is 2.41. The number of hydrogen-bond donors (Lipinski definition) is 0. The standard InChI is InChI=1S/C52H30N4O2/c53-31-32-11-8-14-36(29-32)38-15-4-5-16-40(38)51-54-50(55-52(56-51)43-19-10-22-46-49(43)41-17-6-7-20-44(41)57-46)37-27-28-42-47(30-37)58-45-21-9-18-39(48(42)45)35-25-23-34(24-26-35)33-12-2-1-3-13-33/h1-30H. The van der Waals surface area contributed by atoms with Gasteiger partial charge in [0.1, 0.15) is 22.3 Å². The van der Waals surface area contributed by atoms with Crippen molar-refractivity contribution in [3.8, 4) is 73.6 Å². The van der Waals surface area contributed by atoms with Gasteiger partial charge in [0, 0.05) is 38.2 Å². The summed E-state index contributed by atoms with van der Waals surface area (Å²) in [5, 5.41) is 13.7. The average molecular weight is 743 g/mol. The first kappa shape index (κ1) is 33.2. The quantitative estimate of drug-likeness (QED) is 0.168. The van der Waals surface area contributed by atoms with Gasteiger partial charge in [0.05, 0.1) is 11.6 Å². The van der Waals surface area contributed by atoms with Gasteiger partial charge in [0.25, 0.3) is 0 Å². The van der Waals surface area contributed by atoms with Crippen LogP contribution in [0.25, 0.3) is 111 Å². The number of nitrogens with zero attached hydrogens (tertiary/aromatic N) is 4. The highest BCUT2D eigenvalue weighted by molar-refractivity contribution is 6.13. The van der Waals surface area contributed by atoms with Gasteiger partial charge in [-0.05, 0) is 75.8 Å². The van der Waals surface area contributed by atoms with Crippen LogP contribution in [0.5, 0.6) is 0 Å². The Morgan fingerprint density at radius 2 is 0.879 bits per heavy atom. The van der Waals surface area contributed by atoms with Gasteiger partial charge in [-0.25, -0.2) is 15.0 Å². The first-order valence-corrected chi connectivity index (χ1v) is 19.1. The fourth-order valence-electron chi connectivity index (χ4n) is 8.07. The zero-order valence-electron chi connectivity index (χ0n) is 30.9. The van der Waals surface area contributed by atoms with E-state index in [1.165, 1.54) is 11.1 Å².